The Morgan fingerprint density at radius 1 is 1.37 bits per heavy atom. The minimum atomic E-state index is 0.193. The minimum absolute atomic E-state index is 0.193. The first-order chi connectivity index (χ1) is 9.11. The summed E-state index contributed by atoms with van der Waals surface area (Å²) in [5, 5.41) is 9.11. The Bertz CT molecular complexity index is 688. The molecule has 1 aromatic carbocycles. The molecule has 0 bridgehead atoms. The number of pyridine rings is 1. The summed E-state index contributed by atoms with van der Waals surface area (Å²) in [5.74, 6) is 0.193. The van der Waals surface area contributed by atoms with Gasteiger partial charge in [-0.1, -0.05) is 11.6 Å². The van der Waals surface area contributed by atoms with Gasteiger partial charge < -0.3 is 11.5 Å². The third-order valence-electron chi connectivity index (χ3n) is 2.40. The van der Waals surface area contributed by atoms with Gasteiger partial charge in [0.2, 0.25) is 0 Å². The molecular formula is C13H10ClN5. The molecule has 0 unspecified atom stereocenters. The number of nitriles is 1. The average molecular weight is 272 g/mol. The van der Waals surface area contributed by atoms with Crippen molar-refractivity contribution in [3.8, 4) is 6.07 Å². The summed E-state index contributed by atoms with van der Waals surface area (Å²) in [7, 11) is 0. The second kappa shape index (κ2) is 5.38. The lowest BCUT2D eigenvalue weighted by molar-refractivity contribution is 1.27. The molecule has 0 spiro atoms. The standard InChI is InChI=1S/C13H10ClN5/c14-10-6-9(4-3-8(10)7-15)19-13(17)12-11(16)2-1-5-18-12/h1-6H,16H2,(H2,17,19). The van der Waals surface area contributed by atoms with Gasteiger partial charge >= 0.3 is 0 Å². The van der Waals surface area contributed by atoms with E-state index in [0.717, 1.165) is 0 Å². The fraction of sp³-hybridized carbons (Fsp3) is 0. The van der Waals surface area contributed by atoms with E-state index in [-0.39, 0.29) is 5.84 Å². The van der Waals surface area contributed by atoms with Crippen LogP contribution in [-0.2, 0) is 0 Å². The molecule has 2 aromatic rings. The van der Waals surface area contributed by atoms with E-state index in [1.807, 2.05) is 6.07 Å². The van der Waals surface area contributed by atoms with E-state index in [4.69, 9.17) is 28.3 Å². The number of hydrogen-bond acceptors (Lipinski definition) is 4. The highest BCUT2D eigenvalue weighted by Crippen LogP contribution is 2.22. The molecule has 94 valence electrons. The van der Waals surface area contributed by atoms with Gasteiger partial charge in [-0.3, -0.25) is 4.98 Å². The molecule has 0 fully saturated rings. The normalized spacial score (nSPS) is 11.1. The summed E-state index contributed by atoms with van der Waals surface area (Å²) in [6.07, 6.45) is 1.58. The van der Waals surface area contributed by atoms with Crippen molar-refractivity contribution < 1.29 is 0 Å². The fourth-order valence-electron chi connectivity index (χ4n) is 1.49. The number of aromatic nitrogens is 1. The summed E-state index contributed by atoms with van der Waals surface area (Å²) in [6.45, 7) is 0. The number of hydrogen-bond donors (Lipinski definition) is 2. The topological polar surface area (TPSA) is 101 Å². The first kappa shape index (κ1) is 12.9. The molecule has 0 aliphatic heterocycles. The second-order valence-corrected chi connectivity index (χ2v) is 4.12. The first-order valence-electron chi connectivity index (χ1n) is 5.36. The van der Waals surface area contributed by atoms with Crippen molar-refractivity contribution in [1.82, 2.24) is 4.98 Å². The van der Waals surface area contributed by atoms with E-state index in [9.17, 15) is 0 Å². The summed E-state index contributed by atoms with van der Waals surface area (Å²) >= 11 is 5.92. The Kier molecular flexibility index (Phi) is 3.64. The van der Waals surface area contributed by atoms with Crippen molar-refractivity contribution in [2.75, 3.05) is 5.73 Å². The van der Waals surface area contributed by atoms with Crippen molar-refractivity contribution in [3.05, 3.63) is 52.8 Å². The number of amidine groups is 1. The summed E-state index contributed by atoms with van der Waals surface area (Å²) in [6, 6.07) is 10.2. The van der Waals surface area contributed by atoms with Crippen molar-refractivity contribution in [2.24, 2.45) is 10.7 Å². The van der Waals surface area contributed by atoms with E-state index >= 15 is 0 Å². The van der Waals surface area contributed by atoms with Gasteiger partial charge in [-0.25, -0.2) is 4.99 Å². The number of rotatable bonds is 2. The number of halogens is 1. The van der Waals surface area contributed by atoms with Crippen LogP contribution in [0.1, 0.15) is 11.3 Å². The number of nitrogen functional groups attached to an aromatic ring is 1. The highest BCUT2D eigenvalue weighted by molar-refractivity contribution is 6.32. The SMILES string of the molecule is N#Cc1ccc(N=C(N)c2ncccc2N)cc1Cl. The summed E-state index contributed by atoms with van der Waals surface area (Å²) < 4.78 is 0. The number of nitrogens with two attached hydrogens (primary N) is 2. The number of nitrogens with zero attached hydrogens (tertiary/aromatic N) is 3. The molecule has 0 radical (unpaired) electrons. The van der Waals surface area contributed by atoms with Gasteiger partial charge in [0.05, 0.1) is 22.0 Å². The number of benzene rings is 1. The van der Waals surface area contributed by atoms with Crippen molar-refractivity contribution in [3.63, 3.8) is 0 Å². The second-order valence-electron chi connectivity index (χ2n) is 3.71. The van der Waals surface area contributed by atoms with Crippen molar-refractivity contribution in [1.29, 1.82) is 5.26 Å². The van der Waals surface area contributed by atoms with Crippen molar-refractivity contribution >= 4 is 28.8 Å². The van der Waals surface area contributed by atoms with Crippen LogP contribution < -0.4 is 11.5 Å². The Balaban J connectivity index is 2.39. The molecule has 5 nitrogen and oxygen atoms in total. The van der Waals surface area contributed by atoms with Gasteiger partial charge in [0.15, 0.2) is 5.84 Å². The van der Waals surface area contributed by atoms with Crippen LogP contribution in [0, 0.1) is 11.3 Å². The highest BCUT2D eigenvalue weighted by atomic mass is 35.5. The Labute approximate surface area is 115 Å². The van der Waals surface area contributed by atoms with Crippen LogP contribution in [0.2, 0.25) is 5.02 Å². The third-order valence-corrected chi connectivity index (χ3v) is 2.72. The van der Waals surface area contributed by atoms with E-state index in [2.05, 4.69) is 9.98 Å². The maximum atomic E-state index is 8.78. The first-order valence-corrected chi connectivity index (χ1v) is 5.74. The molecule has 4 N–H and O–H groups in total. The molecule has 19 heavy (non-hydrogen) atoms. The molecule has 0 saturated heterocycles. The minimum Gasteiger partial charge on any atom is -0.397 e. The smallest absolute Gasteiger partial charge is 0.152 e. The maximum Gasteiger partial charge on any atom is 0.152 e. The molecule has 0 amide bonds. The van der Waals surface area contributed by atoms with Crippen LogP contribution in [0.4, 0.5) is 11.4 Å². The summed E-state index contributed by atoms with van der Waals surface area (Å²) in [5.41, 5.74) is 13.4. The lowest BCUT2D eigenvalue weighted by atomic mass is 10.2. The van der Waals surface area contributed by atoms with Gasteiger partial charge in [0, 0.05) is 6.20 Å². The van der Waals surface area contributed by atoms with E-state index in [0.29, 0.717) is 27.7 Å². The Hall–Kier alpha value is -2.58. The van der Waals surface area contributed by atoms with Gasteiger partial charge in [0.25, 0.3) is 0 Å². The fourth-order valence-corrected chi connectivity index (χ4v) is 1.71. The Morgan fingerprint density at radius 2 is 2.16 bits per heavy atom. The molecule has 0 aliphatic rings. The number of anilines is 1. The van der Waals surface area contributed by atoms with E-state index < -0.39 is 0 Å². The molecule has 2 rings (SSSR count). The number of aliphatic imine (C=N–C) groups is 1. The van der Waals surface area contributed by atoms with Crippen LogP contribution in [0.3, 0.4) is 0 Å². The molecule has 1 heterocycles. The Morgan fingerprint density at radius 3 is 2.79 bits per heavy atom. The monoisotopic (exact) mass is 271 g/mol. The van der Waals surface area contributed by atoms with Crippen LogP contribution in [0.15, 0.2) is 41.5 Å². The van der Waals surface area contributed by atoms with Gasteiger partial charge in [0.1, 0.15) is 11.8 Å². The van der Waals surface area contributed by atoms with Gasteiger partial charge in [-0.15, -0.1) is 0 Å². The predicted octanol–water partition coefficient (Wildman–Crippen LogP) is 2.23. The molecule has 0 atom stereocenters. The van der Waals surface area contributed by atoms with Crippen LogP contribution in [-0.4, -0.2) is 10.8 Å². The molecular weight excluding hydrogens is 262 g/mol. The lowest BCUT2D eigenvalue weighted by Gasteiger charge is -2.04. The maximum absolute atomic E-state index is 8.78. The molecule has 1 aromatic heterocycles. The largest absolute Gasteiger partial charge is 0.397 e. The molecule has 0 saturated carbocycles. The van der Waals surface area contributed by atoms with Crippen molar-refractivity contribution in [2.45, 2.75) is 0 Å². The molecule has 0 aliphatic carbocycles. The summed E-state index contributed by atoms with van der Waals surface area (Å²) in [4.78, 5) is 8.25. The lowest BCUT2D eigenvalue weighted by Crippen LogP contribution is -2.16. The quantitative estimate of drug-likeness (QED) is 0.646. The van der Waals surface area contributed by atoms with Gasteiger partial charge in [-0.2, -0.15) is 5.26 Å². The average Bonchev–Trinajstić information content (AvgIpc) is 2.39. The van der Waals surface area contributed by atoms with Crippen LogP contribution in [0.5, 0.6) is 0 Å². The van der Waals surface area contributed by atoms with E-state index in [1.165, 1.54) is 0 Å². The predicted molar refractivity (Wildman–Crippen MR) is 75.2 cm³/mol. The molecule has 6 heteroatoms. The highest BCUT2D eigenvalue weighted by Gasteiger charge is 2.06. The third kappa shape index (κ3) is 2.81. The van der Waals surface area contributed by atoms with Crippen LogP contribution in [0.25, 0.3) is 0 Å². The zero-order chi connectivity index (χ0) is 13.8. The zero-order valence-corrected chi connectivity index (χ0v) is 10.6. The van der Waals surface area contributed by atoms with Gasteiger partial charge in [-0.05, 0) is 30.3 Å². The van der Waals surface area contributed by atoms with Crippen LogP contribution >= 0.6 is 11.6 Å². The van der Waals surface area contributed by atoms with E-state index in [1.54, 1.807) is 36.5 Å². The zero-order valence-electron chi connectivity index (χ0n) is 9.84.